The van der Waals surface area contributed by atoms with Gasteiger partial charge >= 0.3 is 0 Å². The molecule has 0 saturated heterocycles. The van der Waals surface area contributed by atoms with E-state index in [1.54, 1.807) is 42.5 Å². The molecule has 0 unspecified atom stereocenters. The van der Waals surface area contributed by atoms with E-state index in [-0.39, 0.29) is 5.56 Å². The summed E-state index contributed by atoms with van der Waals surface area (Å²) in [5.41, 5.74) is 6.71. The van der Waals surface area contributed by atoms with Gasteiger partial charge in [0.05, 0.1) is 11.9 Å². The van der Waals surface area contributed by atoms with Crippen molar-refractivity contribution in [2.24, 2.45) is 0 Å². The van der Waals surface area contributed by atoms with E-state index in [4.69, 9.17) is 10.5 Å². The monoisotopic (exact) mass is 282 g/mol. The highest BCUT2D eigenvalue weighted by Gasteiger charge is 2.04. The summed E-state index contributed by atoms with van der Waals surface area (Å²) in [4.78, 5) is 12.2. The minimum atomic E-state index is -0.165. The molecule has 1 aromatic heterocycles. The van der Waals surface area contributed by atoms with Crippen molar-refractivity contribution >= 4 is 16.6 Å². The maximum Gasteiger partial charge on any atom is 0.277 e. The molecule has 0 radical (unpaired) electrons. The van der Waals surface area contributed by atoms with E-state index in [0.717, 1.165) is 0 Å². The minimum Gasteiger partial charge on any atom is -0.492 e. The van der Waals surface area contributed by atoms with E-state index < -0.39 is 0 Å². The average Bonchev–Trinajstić information content (AvgIpc) is 2.52. The molecule has 106 valence electrons. The molecule has 0 aliphatic carbocycles. The second-order valence-corrected chi connectivity index (χ2v) is 4.55. The number of aromatic nitrogens is 3. The van der Waals surface area contributed by atoms with E-state index in [1.807, 2.05) is 6.07 Å². The van der Waals surface area contributed by atoms with Gasteiger partial charge in [0.2, 0.25) is 0 Å². The van der Waals surface area contributed by atoms with Crippen LogP contribution in [0.15, 0.2) is 53.3 Å². The molecule has 2 N–H and O–H groups in total. The van der Waals surface area contributed by atoms with Crippen molar-refractivity contribution in [1.82, 2.24) is 15.0 Å². The third-order valence-electron chi connectivity index (χ3n) is 3.08. The Bertz CT molecular complexity index is 812. The van der Waals surface area contributed by atoms with Gasteiger partial charge in [-0.1, -0.05) is 17.3 Å². The van der Waals surface area contributed by atoms with Gasteiger partial charge in [-0.25, -0.2) is 4.68 Å². The highest BCUT2D eigenvalue weighted by Crippen LogP contribution is 2.12. The largest absolute Gasteiger partial charge is 0.492 e. The molecule has 6 heteroatoms. The standard InChI is InChI=1S/C15H14N4O2/c16-11-5-7-12(8-6-11)21-10-9-19-15(20)13-3-1-2-4-14(13)17-18-19/h1-8H,9-10,16H2. The van der Waals surface area contributed by atoms with E-state index in [1.165, 1.54) is 4.68 Å². The van der Waals surface area contributed by atoms with Crippen molar-refractivity contribution < 1.29 is 4.74 Å². The molecule has 0 aliphatic heterocycles. The van der Waals surface area contributed by atoms with Crippen LogP contribution in [0.5, 0.6) is 5.75 Å². The van der Waals surface area contributed by atoms with Gasteiger partial charge in [0.1, 0.15) is 17.9 Å². The van der Waals surface area contributed by atoms with Crippen molar-refractivity contribution in [1.29, 1.82) is 0 Å². The van der Waals surface area contributed by atoms with E-state index in [2.05, 4.69) is 10.3 Å². The number of fused-ring (bicyclic) bond motifs is 1. The van der Waals surface area contributed by atoms with Crippen LogP contribution in [0.1, 0.15) is 0 Å². The third kappa shape index (κ3) is 2.84. The zero-order valence-electron chi connectivity index (χ0n) is 11.3. The number of nitrogens with two attached hydrogens (primary N) is 1. The Morgan fingerprint density at radius 1 is 1.10 bits per heavy atom. The Morgan fingerprint density at radius 2 is 1.86 bits per heavy atom. The number of hydrogen-bond acceptors (Lipinski definition) is 5. The normalized spacial score (nSPS) is 10.7. The lowest BCUT2D eigenvalue weighted by molar-refractivity contribution is 0.285. The Balaban J connectivity index is 1.72. The number of ether oxygens (including phenoxy) is 1. The molecule has 3 rings (SSSR count). The number of nitrogen functional groups attached to an aromatic ring is 1. The summed E-state index contributed by atoms with van der Waals surface area (Å²) in [6.07, 6.45) is 0. The molecule has 6 nitrogen and oxygen atoms in total. The molecule has 0 fully saturated rings. The smallest absolute Gasteiger partial charge is 0.277 e. The minimum absolute atomic E-state index is 0.165. The average molecular weight is 282 g/mol. The van der Waals surface area contributed by atoms with Gasteiger partial charge in [0, 0.05) is 5.69 Å². The summed E-state index contributed by atoms with van der Waals surface area (Å²) >= 11 is 0. The van der Waals surface area contributed by atoms with Crippen molar-refractivity contribution in [2.45, 2.75) is 6.54 Å². The summed E-state index contributed by atoms with van der Waals surface area (Å²) < 4.78 is 6.85. The molecule has 0 spiro atoms. The topological polar surface area (TPSA) is 83.0 Å². The van der Waals surface area contributed by atoms with Crippen molar-refractivity contribution in [3.05, 3.63) is 58.9 Å². The Morgan fingerprint density at radius 3 is 2.67 bits per heavy atom. The summed E-state index contributed by atoms with van der Waals surface area (Å²) in [6, 6.07) is 14.2. The first-order chi connectivity index (χ1) is 10.2. The van der Waals surface area contributed by atoms with Crippen LogP contribution in [0.25, 0.3) is 10.9 Å². The SMILES string of the molecule is Nc1ccc(OCCn2nnc3ccccc3c2=O)cc1. The molecular formula is C15H14N4O2. The number of anilines is 1. The van der Waals surface area contributed by atoms with E-state index in [0.29, 0.717) is 35.5 Å². The predicted molar refractivity (Wildman–Crippen MR) is 80.1 cm³/mol. The fourth-order valence-corrected chi connectivity index (χ4v) is 1.98. The van der Waals surface area contributed by atoms with Crippen LogP contribution in [-0.4, -0.2) is 21.6 Å². The highest BCUT2D eigenvalue weighted by molar-refractivity contribution is 5.76. The molecular weight excluding hydrogens is 268 g/mol. The zero-order chi connectivity index (χ0) is 14.7. The lowest BCUT2D eigenvalue weighted by atomic mass is 10.2. The van der Waals surface area contributed by atoms with E-state index >= 15 is 0 Å². The van der Waals surface area contributed by atoms with Crippen LogP contribution in [0, 0.1) is 0 Å². The number of nitrogens with zero attached hydrogens (tertiary/aromatic N) is 3. The Hall–Kier alpha value is -2.89. The van der Waals surface area contributed by atoms with Gasteiger partial charge in [-0.2, -0.15) is 0 Å². The van der Waals surface area contributed by atoms with E-state index in [9.17, 15) is 4.79 Å². The second-order valence-electron chi connectivity index (χ2n) is 4.55. The fourth-order valence-electron chi connectivity index (χ4n) is 1.98. The highest BCUT2D eigenvalue weighted by atomic mass is 16.5. The first kappa shape index (κ1) is 13.1. The van der Waals surface area contributed by atoms with Crippen LogP contribution < -0.4 is 16.0 Å². The Kier molecular flexibility index (Phi) is 3.51. The van der Waals surface area contributed by atoms with Crippen molar-refractivity contribution in [3.63, 3.8) is 0 Å². The fraction of sp³-hybridized carbons (Fsp3) is 0.133. The lowest BCUT2D eigenvalue weighted by Gasteiger charge is -2.07. The maximum atomic E-state index is 12.2. The zero-order valence-corrected chi connectivity index (χ0v) is 11.3. The van der Waals surface area contributed by atoms with Gasteiger partial charge in [-0.3, -0.25) is 4.79 Å². The summed E-state index contributed by atoms with van der Waals surface area (Å²) in [5.74, 6) is 0.700. The molecule has 0 atom stereocenters. The number of benzene rings is 2. The Labute approximate surface area is 120 Å². The van der Waals surface area contributed by atoms with Gasteiger partial charge in [0.25, 0.3) is 5.56 Å². The molecule has 1 heterocycles. The van der Waals surface area contributed by atoms with Crippen LogP contribution >= 0.6 is 0 Å². The van der Waals surface area contributed by atoms with Crippen LogP contribution in [0.4, 0.5) is 5.69 Å². The van der Waals surface area contributed by atoms with Gasteiger partial charge in [0.15, 0.2) is 0 Å². The van der Waals surface area contributed by atoms with Crippen molar-refractivity contribution in [3.8, 4) is 5.75 Å². The second kappa shape index (κ2) is 5.62. The van der Waals surface area contributed by atoms with Crippen LogP contribution in [0.3, 0.4) is 0 Å². The van der Waals surface area contributed by atoms with Crippen molar-refractivity contribution in [2.75, 3.05) is 12.3 Å². The molecule has 21 heavy (non-hydrogen) atoms. The first-order valence-corrected chi connectivity index (χ1v) is 6.55. The number of rotatable bonds is 4. The summed E-state index contributed by atoms with van der Waals surface area (Å²) in [5, 5.41) is 8.48. The van der Waals surface area contributed by atoms with Gasteiger partial charge < -0.3 is 10.5 Å². The quantitative estimate of drug-likeness (QED) is 0.732. The van der Waals surface area contributed by atoms with Crippen LogP contribution in [-0.2, 0) is 6.54 Å². The van der Waals surface area contributed by atoms with Gasteiger partial charge in [-0.15, -0.1) is 5.10 Å². The lowest BCUT2D eigenvalue weighted by Crippen LogP contribution is -2.26. The molecule has 0 amide bonds. The molecule has 3 aromatic rings. The molecule has 0 saturated carbocycles. The third-order valence-corrected chi connectivity index (χ3v) is 3.08. The molecule has 0 aliphatic rings. The summed E-state index contributed by atoms with van der Waals surface area (Å²) in [6.45, 7) is 0.665. The molecule has 0 bridgehead atoms. The molecule has 2 aromatic carbocycles. The van der Waals surface area contributed by atoms with Crippen LogP contribution in [0.2, 0.25) is 0 Å². The van der Waals surface area contributed by atoms with Gasteiger partial charge in [-0.05, 0) is 36.4 Å². The predicted octanol–water partition coefficient (Wildman–Crippen LogP) is 1.45. The number of hydrogen-bond donors (Lipinski definition) is 1. The summed E-state index contributed by atoms with van der Waals surface area (Å²) in [7, 11) is 0. The first-order valence-electron chi connectivity index (χ1n) is 6.55. The maximum absolute atomic E-state index is 12.2.